The predicted octanol–water partition coefficient (Wildman–Crippen LogP) is 2.60. The number of carbonyl (C=O) groups excluding carboxylic acids is 2. The van der Waals surface area contributed by atoms with Crippen LogP contribution in [0.1, 0.15) is 40.4 Å². The first kappa shape index (κ1) is 22.5. The third-order valence-electron chi connectivity index (χ3n) is 5.16. The van der Waals surface area contributed by atoms with E-state index in [-0.39, 0.29) is 5.91 Å². The van der Waals surface area contributed by atoms with Crippen molar-refractivity contribution in [3.05, 3.63) is 70.8 Å². The van der Waals surface area contributed by atoms with Crippen molar-refractivity contribution >= 4 is 11.9 Å². The van der Waals surface area contributed by atoms with Gasteiger partial charge in [0.1, 0.15) is 6.04 Å². The number of methoxy groups -OCH3 is 1. The first-order valence-electron chi connectivity index (χ1n) is 10.5. The molecule has 0 spiro atoms. The normalized spacial score (nSPS) is 14.8. The lowest BCUT2D eigenvalue weighted by Gasteiger charge is -2.26. The van der Waals surface area contributed by atoms with E-state index in [1.165, 1.54) is 12.7 Å². The molecule has 0 bridgehead atoms. The Morgan fingerprint density at radius 1 is 1.03 bits per heavy atom. The summed E-state index contributed by atoms with van der Waals surface area (Å²) in [4.78, 5) is 26.4. The molecular formula is C25H28N2O4. The Bertz CT molecular complexity index is 936. The monoisotopic (exact) mass is 420 g/mol. The molecule has 1 aliphatic heterocycles. The van der Waals surface area contributed by atoms with Gasteiger partial charge in [-0.1, -0.05) is 30.9 Å². The summed E-state index contributed by atoms with van der Waals surface area (Å²) in [6.07, 6.45) is 0.465. The van der Waals surface area contributed by atoms with Gasteiger partial charge in [-0.05, 0) is 48.4 Å². The number of benzene rings is 2. The SMILES string of the molecule is CC[C@H](NC(=O)c1ccc(C#Cc2ccc(CN3CCOCC3)cc2)cc1)C(=O)OC. The number of hydrogen-bond acceptors (Lipinski definition) is 5. The lowest BCUT2D eigenvalue weighted by molar-refractivity contribution is -0.142. The van der Waals surface area contributed by atoms with Crippen LogP contribution < -0.4 is 5.32 Å². The summed E-state index contributed by atoms with van der Waals surface area (Å²) in [5.74, 6) is 5.52. The highest BCUT2D eigenvalue weighted by Gasteiger charge is 2.19. The molecule has 1 aliphatic rings. The molecule has 1 fully saturated rings. The number of nitrogens with one attached hydrogen (secondary N) is 1. The van der Waals surface area contributed by atoms with E-state index in [1.807, 2.05) is 19.1 Å². The fraction of sp³-hybridized carbons (Fsp3) is 0.360. The van der Waals surface area contributed by atoms with E-state index in [4.69, 9.17) is 9.47 Å². The Balaban J connectivity index is 1.57. The van der Waals surface area contributed by atoms with E-state index >= 15 is 0 Å². The molecule has 1 atom stereocenters. The number of carbonyl (C=O) groups is 2. The summed E-state index contributed by atoms with van der Waals surface area (Å²) >= 11 is 0. The van der Waals surface area contributed by atoms with Crippen LogP contribution >= 0.6 is 0 Å². The van der Waals surface area contributed by atoms with Crippen molar-refractivity contribution in [3.63, 3.8) is 0 Å². The average Bonchev–Trinajstić information content (AvgIpc) is 2.82. The number of hydrogen-bond donors (Lipinski definition) is 1. The molecule has 3 rings (SSSR count). The van der Waals surface area contributed by atoms with Crippen LogP contribution in [0.25, 0.3) is 0 Å². The first-order chi connectivity index (χ1) is 15.1. The van der Waals surface area contributed by atoms with E-state index < -0.39 is 12.0 Å². The minimum absolute atomic E-state index is 0.312. The summed E-state index contributed by atoms with van der Waals surface area (Å²) < 4.78 is 10.1. The molecule has 0 unspecified atom stereocenters. The summed E-state index contributed by atoms with van der Waals surface area (Å²) in [6.45, 7) is 6.28. The summed E-state index contributed by atoms with van der Waals surface area (Å²) in [6, 6.07) is 14.6. The van der Waals surface area contributed by atoms with Gasteiger partial charge in [-0.2, -0.15) is 0 Å². The fourth-order valence-corrected chi connectivity index (χ4v) is 3.27. The van der Waals surface area contributed by atoms with Gasteiger partial charge < -0.3 is 14.8 Å². The Morgan fingerprint density at radius 3 is 2.16 bits per heavy atom. The molecule has 2 aromatic rings. The van der Waals surface area contributed by atoms with Crippen molar-refractivity contribution in [2.75, 3.05) is 33.4 Å². The van der Waals surface area contributed by atoms with Crippen molar-refractivity contribution < 1.29 is 19.1 Å². The summed E-state index contributed by atoms with van der Waals surface area (Å²) in [5.41, 5.74) is 3.49. The van der Waals surface area contributed by atoms with E-state index in [9.17, 15) is 9.59 Å². The number of morpholine rings is 1. The highest BCUT2D eigenvalue weighted by Crippen LogP contribution is 2.10. The number of esters is 1. The molecule has 1 N–H and O–H groups in total. The minimum atomic E-state index is -0.650. The molecule has 6 nitrogen and oxygen atoms in total. The molecule has 1 saturated heterocycles. The minimum Gasteiger partial charge on any atom is -0.467 e. The topological polar surface area (TPSA) is 67.9 Å². The van der Waals surface area contributed by atoms with Crippen LogP contribution in [-0.2, 0) is 20.8 Å². The van der Waals surface area contributed by atoms with Crippen molar-refractivity contribution in [3.8, 4) is 11.8 Å². The second kappa shape index (κ2) is 11.3. The molecule has 2 aromatic carbocycles. The molecule has 1 amide bonds. The van der Waals surface area contributed by atoms with Crippen LogP contribution in [0.4, 0.5) is 0 Å². The third kappa shape index (κ3) is 6.68. The van der Waals surface area contributed by atoms with Crippen molar-refractivity contribution in [1.82, 2.24) is 10.2 Å². The number of nitrogens with zero attached hydrogens (tertiary/aromatic N) is 1. The quantitative estimate of drug-likeness (QED) is 0.575. The van der Waals surface area contributed by atoms with Gasteiger partial charge in [0.2, 0.25) is 0 Å². The van der Waals surface area contributed by atoms with Gasteiger partial charge in [-0.25, -0.2) is 4.79 Å². The van der Waals surface area contributed by atoms with Gasteiger partial charge in [0, 0.05) is 36.3 Å². The molecule has 1 heterocycles. The predicted molar refractivity (Wildman–Crippen MR) is 119 cm³/mol. The van der Waals surface area contributed by atoms with Crippen molar-refractivity contribution in [1.29, 1.82) is 0 Å². The molecule has 6 heteroatoms. The second-order valence-electron chi connectivity index (χ2n) is 7.37. The standard InChI is InChI=1S/C25H28N2O4/c1-3-23(25(29)30-2)26-24(28)22-12-10-20(11-13-22)5-4-19-6-8-21(9-7-19)18-27-14-16-31-17-15-27/h6-13,23H,3,14-18H2,1-2H3,(H,26,28)/t23-/m0/s1. The molecular weight excluding hydrogens is 392 g/mol. The maximum Gasteiger partial charge on any atom is 0.328 e. The van der Waals surface area contributed by atoms with Gasteiger partial charge in [-0.15, -0.1) is 0 Å². The summed E-state index contributed by atoms with van der Waals surface area (Å²) in [5, 5.41) is 2.69. The van der Waals surface area contributed by atoms with Gasteiger partial charge in [0.25, 0.3) is 5.91 Å². The summed E-state index contributed by atoms with van der Waals surface area (Å²) in [7, 11) is 1.31. The highest BCUT2D eigenvalue weighted by molar-refractivity contribution is 5.96. The van der Waals surface area contributed by atoms with Crippen LogP contribution in [-0.4, -0.2) is 56.2 Å². The Labute approximate surface area is 183 Å². The number of ether oxygens (including phenoxy) is 2. The lowest BCUT2D eigenvalue weighted by atomic mass is 10.1. The van der Waals surface area contributed by atoms with Crippen LogP contribution in [0.15, 0.2) is 48.5 Å². The average molecular weight is 421 g/mol. The third-order valence-corrected chi connectivity index (χ3v) is 5.16. The maximum atomic E-state index is 12.3. The van der Waals surface area contributed by atoms with Crippen LogP contribution in [0, 0.1) is 11.8 Å². The zero-order valence-electron chi connectivity index (χ0n) is 18.0. The molecule has 0 saturated carbocycles. The van der Waals surface area contributed by atoms with Crippen molar-refractivity contribution in [2.24, 2.45) is 0 Å². The number of amides is 1. The van der Waals surface area contributed by atoms with E-state index in [2.05, 4.69) is 34.2 Å². The van der Waals surface area contributed by atoms with E-state index in [1.54, 1.807) is 24.3 Å². The molecule has 0 aromatic heterocycles. The smallest absolute Gasteiger partial charge is 0.328 e. The van der Waals surface area contributed by atoms with Crippen molar-refractivity contribution in [2.45, 2.75) is 25.9 Å². The Kier molecular flexibility index (Phi) is 8.22. The molecule has 31 heavy (non-hydrogen) atoms. The number of rotatable bonds is 6. The van der Waals surface area contributed by atoms with E-state index in [0.717, 1.165) is 44.0 Å². The second-order valence-corrected chi connectivity index (χ2v) is 7.37. The van der Waals surface area contributed by atoms with Crippen LogP contribution in [0.3, 0.4) is 0 Å². The van der Waals surface area contributed by atoms with Crippen LogP contribution in [0.5, 0.6) is 0 Å². The first-order valence-corrected chi connectivity index (χ1v) is 10.5. The molecule has 0 radical (unpaired) electrons. The van der Waals surface area contributed by atoms with Gasteiger partial charge in [0.15, 0.2) is 0 Å². The lowest BCUT2D eigenvalue weighted by Crippen LogP contribution is -2.41. The Hall–Kier alpha value is -3.14. The largest absolute Gasteiger partial charge is 0.467 e. The van der Waals surface area contributed by atoms with Crippen LogP contribution in [0.2, 0.25) is 0 Å². The highest BCUT2D eigenvalue weighted by atomic mass is 16.5. The zero-order valence-corrected chi connectivity index (χ0v) is 18.0. The molecule has 0 aliphatic carbocycles. The van der Waals surface area contributed by atoms with Gasteiger partial charge in [-0.3, -0.25) is 9.69 Å². The zero-order chi connectivity index (χ0) is 22.1. The van der Waals surface area contributed by atoms with Gasteiger partial charge in [0.05, 0.1) is 20.3 Å². The maximum absolute atomic E-state index is 12.3. The van der Waals surface area contributed by atoms with Gasteiger partial charge >= 0.3 is 5.97 Å². The van der Waals surface area contributed by atoms with E-state index in [0.29, 0.717) is 12.0 Å². The fourth-order valence-electron chi connectivity index (χ4n) is 3.27. The Morgan fingerprint density at radius 2 is 1.61 bits per heavy atom. The molecule has 162 valence electrons.